The minimum atomic E-state index is -4.44. The highest BCUT2D eigenvalue weighted by atomic mass is 32.1. The van der Waals surface area contributed by atoms with Gasteiger partial charge in [0.15, 0.2) is 0 Å². The summed E-state index contributed by atoms with van der Waals surface area (Å²) < 4.78 is 43.1. The molecular weight excluding hydrogens is 762 g/mol. The van der Waals surface area contributed by atoms with E-state index in [-0.39, 0.29) is 38.6 Å². The monoisotopic (exact) mass is 786 g/mol. The molecule has 6 aromatic rings. The summed E-state index contributed by atoms with van der Waals surface area (Å²) in [7, 11) is 1.24. The molecule has 0 fully saturated rings. The number of thiocarbonyl (C=S) groups is 1. The van der Waals surface area contributed by atoms with Crippen molar-refractivity contribution in [2.75, 3.05) is 7.11 Å². The molecule has 0 atom stereocenters. The highest BCUT2D eigenvalue weighted by Crippen LogP contribution is 2.37. The third kappa shape index (κ3) is 8.86. The maximum absolute atomic E-state index is 12.8. The number of rotatable bonds is 9. The number of carboxylic acids is 1. The van der Waals surface area contributed by atoms with Gasteiger partial charge in [-0.3, -0.25) is 20.2 Å². The van der Waals surface area contributed by atoms with E-state index < -0.39 is 33.5 Å². The summed E-state index contributed by atoms with van der Waals surface area (Å²) in [4.78, 5) is 49.9. The van der Waals surface area contributed by atoms with Crippen LogP contribution in [0.15, 0.2) is 115 Å². The second kappa shape index (κ2) is 16.4. The number of carbonyl (C=O) groups is 2. The van der Waals surface area contributed by atoms with Crippen LogP contribution in [0.4, 0.5) is 24.5 Å². The van der Waals surface area contributed by atoms with Gasteiger partial charge in [-0.25, -0.2) is 14.6 Å². The van der Waals surface area contributed by atoms with E-state index in [0.29, 0.717) is 38.5 Å². The number of ether oxygens (including phenoxy) is 1. The van der Waals surface area contributed by atoms with Gasteiger partial charge in [0.05, 0.1) is 50.5 Å². The fourth-order valence-electron chi connectivity index (χ4n) is 5.39. The number of thiazole rings is 1. The molecule has 0 aliphatic heterocycles. The fourth-order valence-corrected chi connectivity index (χ4v) is 6.34. The zero-order valence-corrected chi connectivity index (χ0v) is 29.8. The minimum absolute atomic E-state index is 0.101. The van der Waals surface area contributed by atoms with Crippen molar-refractivity contribution >= 4 is 51.9 Å². The second-order valence-corrected chi connectivity index (χ2v) is 12.6. The van der Waals surface area contributed by atoms with Crippen molar-refractivity contribution in [3.05, 3.63) is 157 Å². The Morgan fingerprint density at radius 2 is 1.31 bits per heavy atom. The standard InChI is InChI=1S/C23H13F3N2O4S.C15H12N2O4S/c24-23(25,26)15-8-5-13(6-9-15)19-12-33-21(27-19)14-7-10-16(18(11-14)22(29)30)17-3-1-2-4-20(17)28(31)32;1-21-15(18)12-8-9(14(16)22)6-7-10(12)11-4-2-3-5-13(11)17(19)20/h1-12H,(H,29,30);2-8H,1H3,(H2,16,22). The Morgan fingerprint density at radius 3 is 1.82 bits per heavy atom. The molecule has 17 heteroatoms. The summed E-state index contributed by atoms with van der Waals surface area (Å²) in [5, 5.41) is 34.4. The molecule has 0 saturated carbocycles. The van der Waals surface area contributed by atoms with Crippen LogP contribution in [0.2, 0.25) is 0 Å². The lowest BCUT2D eigenvalue weighted by Crippen LogP contribution is -2.12. The van der Waals surface area contributed by atoms with Crippen LogP contribution in [-0.4, -0.2) is 44.0 Å². The first kappa shape index (κ1) is 39.4. The number of halogens is 3. The number of nitrogens with zero attached hydrogens (tertiary/aromatic N) is 3. The number of nitrogens with two attached hydrogens (primary N) is 1. The molecule has 0 saturated heterocycles. The topological polar surface area (TPSA) is 189 Å². The molecule has 0 unspecified atom stereocenters. The molecule has 0 radical (unpaired) electrons. The number of aromatic carboxylic acids is 1. The fraction of sp³-hybridized carbons (Fsp3) is 0.0526. The van der Waals surface area contributed by atoms with Crippen molar-refractivity contribution in [2.45, 2.75) is 6.18 Å². The minimum Gasteiger partial charge on any atom is -0.478 e. The Bertz CT molecular complexity index is 2470. The molecule has 12 nitrogen and oxygen atoms in total. The molecule has 278 valence electrons. The second-order valence-electron chi connectivity index (χ2n) is 11.3. The highest BCUT2D eigenvalue weighted by molar-refractivity contribution is 7.80. The summed E-state index contributed by atoms with van der Waals surface area (Å²) >= 11 is 6.09. The van der Waals surface area contributed by atoms with E-state index in [1.807, 2.05) is 0 Å². The van der Waals surface area contributed by atoms with E-state index in [1.165, 1.54) is 73.0 Å². The van der Waals surface area contributed by atoms with Gasteiger partial charge in [-0.15, -0.1) is 11.3 Å². The zero-order valence-electron chi connectivity index (χ0n) is 28.1. The number of esters is 1. The molecule has 0 spiro atoms. The van der Waals surface area contributed by atoms with Gasteiger partial charge >= 0.3 is 18.1 Å². The molecule has 55 heavy (non-hydrogen) atoms. The number of aromatic nitrogens is 1. The van der Waals surface area contributed by atoms with Crippen LogP contribution in [0.3, 0.4) is 0 Å². The van der Waals surface area contributed by atoms with Gasteiger partial charge in [-0.2, -0.15) is 13.2 Å². The largest absolute Gasteiger partial charge is 0.478 e. The van der Waals surface area contributed by atoms with Crippen LogP contribution >= 0.6 is 23.6 Å². The number of nitro benzene ring substituents is 2. The zero-order chi connectivity index (χ0) is 40.0. The Labute approximate surface area is 318 Å². The van der Waals surface area contributed by atoms with Crippen LogP contribution in [0.25, 0.3) is 44.1 Å². The predicted octanol–water partition coefficient (Wildman–Crippen LogP) is 9.45. The van der Waals surface area contributed by atoms with E-state index in [0.717, 1.165) is 12.1 Å². The van der Waals surface area contributed by atoms with Crippen molar-refractivity contribution in [1.29, 1.82) is 0 Å². The lowest BCUT2D eigenvalue weighted by molar-refractivity contribution is -0.384. The van der Waals surface area contributed by atoms with Gasteiger partial charge in [0, 0.05) is 45.3 Å². The van der Waals surface area contributed by atoms with Crippen LogP contribution in [-0.2, 0) is 10.9 Å². The SMILES string of the molecule is COC(=O)c1cc(C(N)=S)ccc1-c1ccccc1[N+](=O)[O-].O=C(O)c1cc(-c2nc(-c3ccc(C(F)(F)F)cc3)cs2)ccc1-c1ccccc1[N+](=O)[O-]. The molecule has 0 aliphatic rings. The summed E-state index contributed by atoms with van der Waals surface area (Å²) in [5.74, 6) is -1.88. The van der Waals surface area contributed by atoms with Gasteiger partial charge in [0.25, 0.3) is 11.4 Å². The van der Waals surface area contributed by atoms with Crippen molar-refractivity contribution in [3.63, 3.8) is 0 Å². The normalized spacial score (nSPS) is 10.8. The molecule has 0 bridgehead atoms. The molecule has 1 aromatic heterocycles. The first-order valence-electron chi connectivity index (χ1n) is 15.6. The first-order chi connectivity index (χ1) is 26.1. The van der Waals surface area contributed by atoms with Gasteiger partial charge in [0.1, 0.15) is 10.00 Å². The third-order valence-corrected chi connectivity index (χ3v) is 9.13. The van der Waals surface area contributed by atoms with Crippen molar-refractivity contribution in [2.24, 2.45) is 5.73 Å². The van der Waals surface area contributed by atoms with Gasteiger partial charge in [-0.1, -0.05) is 72.9 Å². The molecule has 5 aromatic carbocycles. The summed E-state index contributed by atoms with van der Waals surface area (Å²) in [6.45, 7) is 0. The number of carbonyl (C=O) groups excluding carboxylic acids is 1. The van der Waals surface area contributed by atoms with E-state index in [9.17, 15) is 48.1 Å². The van der Waals surface area contributed by atoms with E-state index in [1.54, 1.807) is 47.8 Å². The number of hydrogen-bond acceptors (Lipinski definition) is 10. The predicted molar refractivity (Wildman–Crippen MR) is 203 cm³/mol. The number of alkyl halides is 3. The van der Waals surface area contributed by atoms with Gasteiger partial charge in [-0.05, 0) is 36.4 Å². The molecule has 0 aliphatic carbocycles. The van der Waals surface area contributed by atoms with Crippen LogP contribution < -0.4 is 5.73 Å². The number of benzene rings is 5. The lowest BCUT2D eigenvalue weighted by atomic mass is 9.96. The summed E-state index contributed by atoms with van der Waals surface area (Å²) in [5.41, 5.74) is 7.48. The Balaban J connectivity index is 0.000000229. The quantitative estimate of drug-likeness (QED) is 0.0615. The Morgan fingerprint density at radius 1 is 0.782 bits per heavy atom. The number of para-hydroxylation sites is 2. The molecule has 1 heterocycles. The van der Waals surface area contributed by atoms with Gasteiger partial charge < -0.3 is 15.6 Å². The lowest BCUT2D eigenvalue weighted by Gasteiger charge is -2.10. The van der Waals surface area contributed by atoms with E-state index in [4.69, 9.17) is 22.7 Å². The first-order valence-corrected chi connectivity index (χ1v) is 16.9. The van der Waals surface area contributed by atoms with E-state index in [2.05, 4.69) is 4.98 Å². The van der Waals surface area contributed by atoms with Crippen LogP contribution in [0.1, 0.15) is 31.8 Å². The van der Waals surface area contributed by atoms with Crippen LogP contribution in [0, 0.1) is 20.2 Å². The average molecular weight is 787 g/mol. The maximum Gasteiger partial charge on any atom is 0.416 e. The number of nitro groups is 2. The molecule has 0 amide bonds. The van der Waals surface area contributed by atoms with E-state index >= 15 is 0 Å². The van der Waals surface area contributed by atoms with Crippen molar-refractivity contribution in [1.82, 2.24) is 4.98 Å². The van der Waals surface area contributed by atoms with Gasteiger partial charge in [0.2, 0.25) is 0 Å². The summed E-state index contributed by atoms with van der Waals surface area (Å²) in [6, 6.07) is 25.7. The van der Waals surface area contributed by atoms with Crippen LogP contribution in [0.5, 0.6) is 0 Å². The molecule has 3 N–H and O–H groups in total. The molecular formula is C38H25F3N4O8S2. The number of carboxylic acid groups (broad SMARTS) is 1. The maximum atomic E-state index is 12.8. The highest BCUT2D eigenvalue weighted by Gasteiger charge is 2.30. The van der Waals surface area contributed by atoms with Crippen molar-refractivity contribution in [3.8, 4) is 44.1 Å². The van der Waals surface area contributed by atoms with Crippen molar-refractivity contribution < 1.29 is 42.5 Å². The number of methoxy groups -OCH3 is 1. The third-order valence-electron chi connectivity index (χ3n) is 8.00. The molecule has 6 rings (SSSR count). The number of hydrogen-bond donors (Lipinski definition) is 2. The Hall–Kier alpha value is -6.85. The summed E-state index contributed by atoms with van der Waals surface area (Å²) in [6.07, 6.45) is -4.44. The average Bonchev–Trinajstić information content (AvgIpc) is 3.67. The smallest absolute Gasteiger partial charge is 0.416 e. The Kier molecular flexibility index (Phi) is 11.8.